The largest absolute Gasteiger partial charge is 0.496 e. The summed E-state index contributed by atoms with van der Waals surface area (Å²) in [6, 6.07) is 24.2. The smallest absolute Gasteiger partial charge is 0.227 e. The number of rotatable bonds is 6. The Morgan fingerprint density at radius 1 is 1.06 bits per heavy atom. The van der Waals surface area contributed by atoms with Gasteiger partial charge in [0.15, 0.2) is 0 Å². The van der Waals surface area contributed by atoms with E-state index in [1.807, 2.05) is 42.5 Å². The molecule has 5 heteroatoms. The Morgan fingerprint density at radius 2 is 1.85 bits per heavy atom. The summed E-state index contributed by atoms with van der Waals surface area (Å²) >= 11 is 0. The molecule has 1 saturated heterocycles. The van der Waals surface area contributed by atoms with Crippen molar-refractivity contribution in [2.45, 2.75) is 19.8 Å². The van der Waals surface area contributed by atoms with Crippen molar-refractivity contribution in [2.75, 3.05) is 26.7 Å². The fraction of sp³-hybridized carbons (Fsp3) is 0.286. The lowest BCUT2D eigenvalue weighted by Crippen LogP contribution is -2.38. The minimum absolute atomic E-state index is 0.00360. The summed E-state index contributed by atoms with van der Waals surface area (Å²) in [6.45, 7) is 3.50. The average molecular weight is 443 g/mol. The van der Waals surface area contributed by atoms with E-state index in [0.29, 0.717) is 31.8 Å². The predicted octanol–water partition coefficient (Wildman–Crippen LogP) is 4.03. The van der Waals surface area contributed by atoms with Crippen LogP contribution in [-0.4, -0.2) is 43.5 Å². The Labute approximate surface area is 195 Å². The van der Waals surface area contributed by atoms with Crippen molar-refractivity contribution in [1.29, 1.82) is 0 Å². The third-order valence-corrected chi connectivity index (χ3v) is 6.24. The number of amides is 2. The molecule has 1 aliphatic rings. The molecule has 0 saturated carbocycles. The predicted molar refractivity (Wildman–Crippen MR) is 130 cm³/mol. The fourth-order valence-electron chi connectivity index (χ4n) is 4.45. The van der Waals surface area contributed by atoms with Crippen molar-refractivity contribution in [2.24, 2.45) is 5.92 Å². The summed E-state index contributed by atoms with van der Waals surface area (Å²) in [4.78, 5) is 27.7. The second-order valence-corrected chi connectivity index (χ2v) is 8.54. The lowest BCUT2D eigenvalue weighted by atomic mass is 9.94. The zero-order valence-electron chi connectivity index (χ0n) is 19.2. The number of para-hydroxylation sites is 1. The molecule has 4 rings (SSSR count). The van der Waals surface area contributed by atoms with Crippen molar-refractivity contribution in [3.63, 3.8) is 0 Å². The molecule has 3 aromatic carbocycles. The van der Waals surface area contributed by atoms with E-state index in [2.05, 4.69) is 42.6 Å². The van der Waals surface area contributed by atoms with Crippen LogP contribution in [0.1, 0.15) is 16.7 Å². The minimum Gasteiger partial charge on any atom is -0.496 e. The lowest BCUT2D eigenvalue weighted by molar-refractivity contribution is -0.131. The Hall–Kier alpha value is -3.60. The molecule has 170 valence electrons. The van der Waals surface area contributed by atoms with E-state index in [1.54, 1.807) is 12.0 Å². The molecule has 1 fully saturated rings. The van der Waals surface area contributed by atoms with Crippen molar-refractivity contribution in [3.8, 4) is 16.9 Å². The van der Waals surface area contributed by atoms with E-state index in [4.69, 9.17) is 4.74 Å². The molecule has 0 bridgehead atoms. The van der Waals surface area contributed by atoms with Gasteiger partial charge in [-0.1, -0.05) is 66.7 Å². The number of nitrogens with zero attached hydrogens (tertiary/aromatic N) is 1. The van der Waals surface area contributed by atoms with Crippen LogP contribution in [0, 0.1) is 12.8 Å². The first kappa shape index (κ1) is 22.6. The number of methoxy groups -OCH3 is 1. The number of ether oxygens (including phenoxy) is 1. The maximum atomic E-state index is 13.1. The number of benzene rings is 3. The number of hydrogen-bond acceptors (Lipinski definition) is 3. The molecule has 3 aromatic rings. The van der Waals surface area contributed by atoms with Crippen LogP contribution in [0.3, 0.4) is 0 Å². The van der Waals surface area contributed by atoms with E-state index in [9.17, 15) is 9.59 Å². The number of aryl methyl sites for hydroxylation is 1. The fourth-order valence-corrected chi connectivity index (χ4v) is 4.45. The third kappa shape index (κ3) is 5.43. The molecular formula is C28H30N2O3. The highest BCUT2D eigenvalue weighted by molar-refractivity contribution is 5.83. The van der Waals surface area contributed by atoms with E-state index < -0.39 is 0 Å². The van der Waals surface area contributed by atoms with E-state index >= 15 is 0 Å². The monoisotopic (exact) mass is 442 g/mol. The minimum atomic E-state index is -0.291. The van der Waals surface area contributed by atoms with Gasteiger partial charge in [0.2, 0.25) is 11.8 Å². The molecule has 1 unspecified atom stereocenters. The Balaban J connectivity index is 1.49. The van der Waals surface area contributed by atoms with Crippen molar-refractivity contribution >= 4 is 11.8 Å². The molecule has 0 aromatic heterocycles. The molecule has 5 nitrogen and oxygen atoms in total. The van der Waals surface area contributed by atoms with E-state index in [0.717, 1.165) is 16.7 Å². The van der Waals surface area contributed by atoms with Gasteiger partial charge in [0.05, 0.1) is 19.4 Å². The summed E-state index contributed by atoms with van der Waals surface area (Å²) in [6.07, 6.45) is 0.845. The number of nitrogens with one attached hydrogen (secondary N) is 1. The second-order valence-electron chi connectivity index (χ2n) is 8.54. The molecule has 0 spiro atoms. The van der Waals surface area contributed by atoms with Crippen LogP contribution in [0.2, 0.25) is 0 Å². The maximum absolute atomic E-state index is 13.1. The average Bonchev–Trinajstić information content (AvgIpc) is 3.01. The first-order valence-electron chi connectivity index (χ1n) is 11.4. The van der Waals surface area contributed by atoms with Crippen molar-refractivity contribution in [3.05, 3.63) is 89.5 Å². The standard InChI is InChI=1S/C28H30N2O3/c1-20-8-3-5-12-25(20)22-11-7-9-21(16-22)17-24-19-30(15-14-29-28(24)32)27(31)18-23-10-4-6-13-26(23)33-2/h3-13,16,24H,14-15,17-19H2,1-2H3,(H,29,32). The summed E-state index contributed by atoms with van der Waals surface area (Å²) in [5.41, 5.74) is 5.50. The molecule has 2 amide bonds. The van der Waals surface area contributed by atoms with Crippen LogP contribution in [0.5, 0.6) is 5.75 Å². The van der Waals surface area contributed by atoms with Gasteiger partial charge in [0.1, 0.15) is 5.75 Å². The highest BCUT2D eigenvalue weighted by Gasteiger charge is 2.28. The van der Waals surface area contributed by atoms with Crippen molar-refractivity contribution < 1.29 is 14.3 Å². The van der Waals surface area contributed by atoms with Crippen LogP contribution in [0.25, 0.3) is 11.1 Å². The van der Waals surface area contributed by atoms with Gasteiger partial charge in [0, 0.05) is 25.2 Å². The molecule has 0 aliphatic carbocycles. The van der Waals surface area contributed by atoms with Crippen LogP contribution >= 0.6 is 0 Å². The lowest BCUT2D eigenvalue weighted by Gasteiger charge is -2.24. The molecule has 1 atom stereocenters. The Kier molecular flexibility index (Phi) is 7.08. The maximum Gasteiger partial charge on any atom is 0.227 e. The number of carbonyl (C=O) groups is 2. The molecule has 0 radical (unpaired) electrons. The molecule has 1 N–H and O–H groups in total. The van der Waals surface area contributed by atoms with E-state index in [1.165, 1.54) is 11.1 Å². The Morgan fingerprint density at radius 3 is 2.67 bits per heavy atom. The van der Waals surface area contributed by atoms with Gasteiger partial charge < -0.3 is 15.0 Å². The first-order valence-corrected chi connectivity index (χ1v) is 11.4. The normalized spacial score (nSPS) is 16.1. The molecule has 33 heavy (non-hydrogen) atoms. The first-order chi connectivity index (χ1) is 16.0. The van der Waals surface area contributed by atoms with Crippen LogP contribution in [0.15, 0.2) is 72.8 Å². The molecule has 1 heterocycles. The van der Waals surface area contributed by atoms with Crippen LogP contribution in [-0.2, 0) is 22.4 Å². The van der Waals surface area contributed by atoms with Crippen LogP contribution in [0.4, 0.5) is 0 Å². The van der Waals surface area contributed by atoms with Crippen molar-refractivity contribution in [1.82, 2.24) is 10.2 Å². The van der Waals surface area contributed by atoms with Gasteiger partial charge in [-0.2, -0.15) is 0 Å². The summed E-state index contributed by atoms with van der Waals surface area (Å²) in [7, 11) is 1.61. The van der Waals surface area contributed by atoms with Gasteiger partial charge in [-0.3, -0.25) is 9.59 Å². The van der Waals surface area contributed by atoms with Gasteiger partial charge >= 0.3 is 0 Å². The van der Waals surface area contributed by atoms with Gasteiger partial charge in [-0.15, -0.1) is 0 Å². The Bertz CT molecular complexity index is 1140. The van der Waals surface area contributed by atoms with Gasteiger partial charge in [0.25, 0.3) is 0 Å². The topological polar surface area (TPSA) is 58.6 Å². The second kappa shape index (κ2) is 10.3. The number of hydrogen-bond donors (Lipinski definition) is 1. The quantitative estimate of drug-likeness (QED) is 0.627. The highest BCUT2D eigenvalue weighted by atomic mass is 16.5. The molecular weight excluding hydrogens is 412 g/mol. The summed E-state index contributed by atoms with van der Waals surface area (Å²) < 4.78 is 5.39. The summed E-state index contributed by atoms with van der Waals surface area (Å²) in [5, 5.41) is 2.98. The number of carbonyl (C=O) groups excluding carboxylic acids is 2. The van der Waals surface area contributed by atoms with E-state index in [-0.39, 0.29) is 24.2 Å². The molecule has 1 aliphatic heterocycles. The van der Waals surface area contributed by atoms with Gasteiger partial charge in [-0.05, 0) is 41.7 Å². The SMILES string of the molecule is COc1ccccc1CC(=O)N1CCNC(=O)C(Cc2cccc(-c3ccccc3C)c2)C1. The van der Waals surface area contributed by atoms with Crippen LogP contribution < -0.4 is 10.1 Å². The third-order valence-electron chi connectivity index (χ3n) is 6.24. The zero-order chi connectivity index (χ0) is 23.2. The highest BCUT2D eigenvalue weighted by Crippen LogP contribution is 2.25. The zero-order valence-corrected chi connectivity index (χ0v) is 19.2. The van der Waals surface area contributed by atoms with Gasteiger partial charge in [-0.25, -0.2) is 0 Å². The summed E-state index contributed by atoms with van der Waals surface area (Å²) in [5.74, 6) is 0.430.